The van der Waals surface area contributed by atoms with Crippen molar-refractivity contribution in [1.82, 2.24) is 9.78 Å². The lowest BCUT2D eigenvalue weighted by atomic mass is 10.3. The van der Waals surface area contributed by atoms with E-state index < -0.39 is 11.7 Å². The Labute approximate surface area is 107 Å². The van der Waals surface area contributed by atoms with Gasteiger partial charge >= 0.3 is 0 Å². The third-order valence-electron chi connectivity index (χ3n) is 2.30. The highest BCUT2D eigenvalue weighted by molar-refractivity contribution is 6.31. The highest BCUT2D eigenvalue weighted by atomic mass is 35.5. The van der Waals surface area contributed by atoms with Gasteiger partial charge in [0.2, 0.25) is 0 Å². The van der Waals surface area contributed by atoms with Gasteiger partial charge in [0.15, 0.2) is 0 Å². The van der Waals surface area contributed by atoms with Gasteiger partial charge in [0.25, 0.3) is 5.91 Å². The van der Waals surface area contributed by atoms with E-state index in [9.17, 15) is 9.18 Å². The number of aromatic nitrogens is 2. The summed E-state index contributed by atoms with van der Waals surface area (Å²) in [5.41, 5.74) is 6.32. The zero-order valence-electron chi connectivity index (χ0n) is 9.45. The van der Waals surface area contributed by atoms with Crippen molar-refractivity contribution in [2.24, 2.45) is 7.05 Å². The fourth-order valence-electron chi connectivity index (χ4n) is 1.55. The molecule has 18 heavy (non-hydrogen) atoms. The van der Waals surface area contributed by atoms with Crippen LogP contribution in [0.5, 0.6) is 0 Å². The Hall–Kier alpha value is -2.08. The minimum Gasteiger partial charge on any atom is -0.396 e. The quantitative estimate of drug-likeness (QED) is 0.875. The smallest absolute Gasteiger partial charge is 0.276 e. The van der Waals surface area contributed by atoms with Gasteiger partial charge in [0.05, 0.1) is 11.9 Å². The number of carbonyl (C=O) groups is 1. The first kappa shape index (κ1) is 12.4. The summed E-state index contributed by atoms with van der Waals surface area (Å²) in [5.74, 6) is -1.01. The standard InChI is InChI=1S/C11H10ClFN4O/c1-17-10(9(14)5-15-17)11(18)16-8-3-6(12)2-7(13)4-8/h2-5H,14H2,1H3,(H,16,18). The van der Waals surface area contributed by atoms with E-state index in [2.05, 4.69) is 10.4 Å². The number of amides is 1. The largest absolute Gasteiger partial charge is 0.396 e. The van der Waals surface area contributed by atoms with Gasteiger partial charge in [-0.25, -0.2) is 4.39 Å². The lowest BCUT2D eigenvalue weighted by molar-refractivity contribution is 0.101. The van der Waals surface area contributed by atoms with Gasteiger partial charge in [-0.05, 0) is 18.2 Å². The fourth-order valence-corrected chi connectivity index (χ4v) is 1.77. The maximum atomic E-state index is 13.1. The Bertz CT molecular complexity index is 571. The summed E-state index contributed by atoms with van der Waals surface area (Å²) in [6, 6.07) is 3.75. The highest BCUT2D eigenvalue weighted by Crippen LogP contribution is 2.19. The summed E-state index contributed by atoms with van der Waals surface area (Å²) in [7, 11) is 1.59. The molecule has 0 aliphatic heterocycles. The van der Waals surface area contributed by atoms with Gasteiger partial charge in [0, 0.05) is 17.8 Å². The lowest BCUT2D eigenvalue weighted by Gasteiger charge is -2.07. The molecule has 0 fully saturated rings. The molecule has 2 rings (SSSR count). The monoisotopic (exact) mass is 268 g/mol. The number of hydrogen-bond donors (Lipinski definition) is 2. The highest BCUT2D eigenvalue weighted by Gasteiger charge is 2.15. The first-order chi connectivity index (χ1) is 8.47. The van der Waals surface area contributed by atoms with Crippen LogP contribution in [0.1, 0.15) is 10.5 Å². The Morgan fingerprint density at radius 2 is 2.22 bits per heavy atom. The molecule has 0 radical (unpaired) electrons. The Kier molecular flexibility index (Phi) is 3.20. The van der Waals surface area contributed by atoms with Crippen molar-refractivity contribution < 1.29 is 9.18 Å². The van der Waals surface area contributed by atoms with Crippen molar-refractivity contribution in [3.8, 4) is 0 Å². The minimum atomic E-state index is -0.532. The molecular weight excluding hydrogens is 259 g/mol. The average molecular weight is 269 g/mol. The van der Waals surface area contributed by atoms with E-state index in [1.165, 1.54) is 16.9 Å². The minimum absolute atomic E-state index is 0.197. The molecule has 1 aromatic carbocycles. The van der Waals surface area contributed by atoms with E-state index in [0.717, 1.165) is 12.1 Å². The maximum absolute atomic E-state index is 13.1. The van der Waals surface area contributed by atoms with E-state index in [1.54, 1.807) is 7.05 Å². The predicted molar refractivity (Wildman–Crippen MR) is 67.0 cm³/mol. The molecule has 0 aliphatic carbocycles. The molecule has 0 saturated carbocycles. The summed E-state index contributed by atoms with van der Waals surface area (Å²) in [6.45, 7) is 0. The number of nitrogen functional groups attached to an aromatic ring is 1. The summed E-state index contributed by atoms with van der Waals surface area (Å²) in [6.07, 6.45) is 1.37. The van der Waals surface area contributed by atoms with Gasteiger partial charge in [-0.15, -0.1) is 0 Å². The second-order valence-corrected chi connectivity index (χ2v) is 4.12. The topological polar surface area (TPSA) is 72.9 Å². The van der Waals surface area contributed by atoms with Gasteiger partial charge < -0.3 is 11.1 Å². The molecule has 1 aromatic heterocycles. The van der Waals surface area contributed by atoms with E-state index >= 15 is 0 Å². The molecule has 0 aliphatic rings. The third kappa shape index (κ3) is 2.43. The first-order valence-electron chi connectivity index (χ1n) is 5.02. The first-order valence-corrected chi connectivity index (χ1v) is 5.40. The van der Waals surface area contributed by atoms with Crippen molar-refractivity contribution in [1.29, 1.82) is 0 Å². The van der Waals surface area contributed by atoms with Crippen molar-refractivity contribution in [2.75, 3.05) is 11.1 Å². The Balaban J connectivity index is 2.27. The van der Waals surface area contributed by atoms with Crippen LogP contribution in [0.15, 0.2) is 24.4 Å². The summed E-state index contributed by atoms with van der Waals surface area (Å²) < 4.78 is 14.4. The second-order valence-electron chi connectivity index (χ2n) is 3.68. The number of benzene rings is 1. The molecule has 2 aromatic rings. The molecule has 0 spiro atoms. The zero-order chi connectivity index (χ0) is 13.3. The molecule has 7 heteroatoms. The lowest BCUT2D eigenvalue weighted by Crippen LogP contribution is -2.17. The number of nitrogens with two attached hydrogens (primary N) is 1. The normalized spacial score (nSPS) is 10.4. The van der Waals surface area contributed by atoms with Crippen molar-refractivity contribution in [3.63, 3.8) is 0 Å². The van der Waals surface area contributed by atoms with Gasteiger partial charge in [0.1, 0.15) is 11.5 Å². The van der Waals surface area contributed by atoms with Crippen molar-refractivity contribution in [2.45, 2.75) is 0 Å². The van der Waals surface area contributed by atoms with Gasteiger partial charge in [-0.2, -0.15) is 5.10 Å². The molecule has 5 nitrogen and oxygen atoms in total. The zero-order valence-corrected chi connectivity index (χ0v) is 10.2. The van der Waals surface area contributed by atoms with E-state index in [-0.39, 0.29) is 22.1 Å². The Morgan fingerprint density at radius 3 is 2.78 bits per heavy atom. The number of hydrogen-bond acceptors (Lipinski definition) is 3. The van der Waals surface area contributed by atoms with Crippen molar-refractivity contribution in [3.05, 3.63) is 40.9 Å². The molecule has 3 N–H and O–H groups in total. The van der Waals surface area contributed by atoms with Gasteiger partial charge in [-0.1, -0.05) is 11.6 Å². The molecule has 1 amide bonds. The van der Waals surface area contributed by atoms with Crippen LogP contribution in [-0.4, -0.2) is 15.7 Å². The van der Waals surface area contributed by atoms with Crippen LogP contribution in [0.25, 0.3) is 0 Å². The molecule has 1 heterocycles. The number of nitrogens with zero attached hydrogens (tertiary/aromatic N) is 2. The fraction of sp³-hybridized carbons (Fsp3) is 0.0909. The van der Waals surface area contributed by atoms with Crippen LogP contribution in [-0.2, 0) is 7.05 Å². The van der Waals surface area contributed by atoms with Crippen LogP contribution in [0, 0.1) is 5.82 Å². The number of anilines is 2. The maximum Gasteiger partial charge on any atom is 0.276 e. The third-order valence-corrected chi connectivity index (χ3v) is 2.52. The van der Waals surface area contributed by atoms with Crippen LogP contribution in [0.2, 0.25) is 5.02 Å². The van der Waals surface area contributed by atoms with Crippen molar-refractivity contribution >= 4 is 28.9 Å². The molecule has 0 saturated heterocycles. The summed E-state index contributed by atoms with van der Waals surface area (Å²) in [5, 5.41) is 6.55. The molecular formula is C11H10ClFN4O. The number of nitrogens with one attached hydrogen (secondary N) is 1. The van der Waals surface area contributed by atoms with Crippen LogP contribution < -0.4 is 11.1 Å². The number of rotatable bonds is 2. The van der Waals surface area contributed by atoms with Crippen LogP contribution in [0.3, 0.4) is 0 Å². The second kappa shape index (κ2) is 4.66. The average Bonchev–Trinajstić information content (AvgIpc) is 2.56. The van der Waals surface area contributed by atoms with Crippen LogP contribution in [0.4, 0.5) is 15.8 Å². The number of halogens is 2. The molecule has 0 atom stereocenters. The Morgan fingerprint density at radius 1 is 1.50 bits per heavy atom. The summed E-state index contributed by atoms with van der Waals surface area (Å²) in [4.78, 5) is 11.9. The summed E-state index contributed by atoms with van der Waals surface area (Å²) >= 11 is 5.69. The predicted octanol–water partition coefficient (Wildman–Crippen LogP) is 2.05. The number of carbonyl (C=O) groups excluding carboxylic acids is 1. The van der Waals surface area contributed by atoms with Gasteiger partial charge in [-0.3, -0.25) is 9.48 Å². The van der Waals surface area contributed by atoms with E-state index in [4.69, 9.17) is 17.3 Å². The molecule has 0 bridgehead atoms. The van der Waals surface area contributed by atoms with E-state index in [1.807, 2.05) is 0 Å². The molecule has 94 valence electrons. The van der Waals surface area contributed by atoms with E-state index in [0.29, 0.717) is 0 Å². The SMILES string of the molecule is Cn1ncc(N)c1C(=O)Nc1cc(F)cc(Cl)c1. The molecule has 0 unspecified atom stereocenters. The number of aryl methyl sites for hydroxylation is 1. The van der Waals surface area contributed by atoms with Crippen LogP contribution >= 0.6 is 11.6 Å².